The quantitative estimate of drug-likeness (QED) is 0.741. The van der Waals surface area contributed by atoms with Gasteiger partial charge in [-0.1, -0.05) is 47.7 Å². The van der Waals surface area contributed by atoms with Crippen LogP contribution in [-0.2, 0) is 0 Å². The summed E-state index contributed by atoms with van der Waals surface area (Å²) in [4.78, 5) is 11.8. The van der Waals surface area contributed by atoms with Gasteiger partial charge in [-0.15, -0.1) is 0 Å². The van der Waals surface area contributed by atoms with Gasteiger partial charge in [-0.25, -0.2) is 0 Å². The number of halogens is 1. The zero-order valence-corrected chi connectivity index (χ0v) is 10.7. The van der Waals surface area contributed by atoms with Gasteiger partial charge in [-0.2, -0.15) is 0 Å². The van der Waals surface area contributed by atoms with Gasteiger partial charge in [0.15, 0.2) is 0 Å². The number of benzene rings is 1. The molecular formula is C10H13BrOSi. The minimum absolute atomic E-state index is 0.319. The van der Waals surface area contributed by atoms with E-state index < -0.39 is 8.07 Å². The van der Waals surface area contributed by atoms with Gasteiger partial charge < -0.3 is 4.79 Å². The average Bonchev–Trinajstić information content (AvgIpc) is 2.03. The van der Waals surface area contributed by atoms with Crippen molar-refractivity contribution in [2.75, 3.05) is 0 Å². The van der Waals surface area contributed by atoms with Crippen LogP contribution in [0.25, 0.3) is 0 Å². The van der Waals surface area contributed by atoms with E-state index in [0.717, 1.165) is 10.0 Å². The van der Waals surface area contributed by atoms with Crippen LogP contribution in [0.3, 0.4) is 0 Å². The van der Waals surface area contributed by atoms with Gasteiger partial charge in [0.1, 0.15) is 13.5 Å². The molecule has 0 aromatic heterocycles. The van der Waals surface area contributed by atoms with Crippen LogP contribution >= 0.6 is 15.9 Å². The van der Waals surface area contributed by atoms with E-state index in [4.69, 9.17) is 0 Å². The lowest BCUT2D eigenvalue weighted by Gasteiger charge is -2.13. The highest BCUT2D eigenvalue weighted by Crippen LogP contribution is 2.15. The second-order valence-electron chi connectivity index (χ2n) is 4.09. The zero-order chi connectivity index (χ0) is 10.1. The summed E-state index contributed by atoms with van der Waals surface area (Å²) in [5.74, 6) is 0. The van der Waals surface area contributed by atoms with Crippen molar-refractivity contribution < 1.29 is 4.79 Å². The second-order valence-corrected chi connectivity index (χ2v) is 9.96. The molecule has 1 aromatic rings. The summed E-state index contributed by atoms with van der Waals surface area (Å²) in [6.45, 7) is 6.20. The Morgan fingerprint density at radius 3 is 2.00 bits per heavy atom. The third-order valence-corrected chi connectivity index (χ3v) is 3.97. The van der Waals surface area contributed by atoms with Gasteiger partial charge in [0.25, 0.3) is 0 Å². The molecule has 0 bridgehead atoms. The first-order chi connectivity index (χ1) is 5.91. The fourth-order valence-electron chi connectivity index (χ4n) is 1.03. The Balaban J connectivity index is 2.97. The fraction of sp³-hybridized carbons (Fsp3) is 0.300. The maximum absolute atomic E-state index is 11.8. The summed E-state index contributed by atoms with van der Waals surface area (Å²) < 4.78 is 1.01. The molecule has 0 unspecified atom stereocenters. The van der Waals surface area contributed by atoms with Gasteiger partial charge in [0, 0.05) is 10.0 Å². The van der Waals surface area contributed by atoms with Crippen LogP contribution in [0.15, 0.2) is 28.7 Å². The highest BCUT2D eigenvalue weighted by molar-refractivity contribution is 9.10. The van der Waals surface area contributed by atoms with E-state index in [-0.39, 0.29) is 0 Å². The summed E-state index contributed by atoms with van der Waals surface area (Å²) in [5.41, 5.74) is 0.836. The summed E-state index contributed by atoms with van der Waals surface area (Å²) in [5, 5.41) is 0.319. The van der Waals surface area contributed by atoms with Crippen molar-refractivity contribution in [2.24, 2.45) is 0 Å². The summed E-state index contributed by atoms with van der Waals surface area (Å²) in [6, 6.07) is 7.58. The molecule has 0 atom stereocenters. The van der Waals surface area contributed by atoms with Crippen molar-refractivity contribution in [2.45, 2.75) is 19.6 Å². The van der Waals surface area contributed by atoms with E-state index in [1.54, 1.807) is 0 Å². The summed E-state index contributed by atoms with van der Waals surface area (Å²) in [7, 11) is -1.67. The highest BCUT2D eigenvalue weighted by atomic mass is 79.9. The fourth-order valence-corrected chi connectivity index (χ4v) is 2.33. The van der Waals surface area contributed by atoms with Gasteiger partial charge in [0.05, 0.1) is 0 Å². The third kappa shape index (κ3) is 2.78. The first kappa shape index (κ1) is 10.7. The highest BCUT2D eigenvalue weighted by Gasteiger charge is 2.24. The van der Waals surface area contributed by atoms with Crippen LogP contribution in [0.4, 0.5) is 0 Å². The second kappa shape index (κ2) is 3.76. The normalized spacial score (nSPS) is 11.4. The number of rotatable bonds is 2. The van der Waals surface area contributed by atoms with Crippen LogP contribution in [0.5, 0.6) is 0 Å². The Morgan fingerprint density at radius 1 is 1.15 bits per heavy atom. The van der Waals surface area contributed by atoms with E-state index in [2.05, 4.69) is 35.6 Å². The van der Waals surface area contributed by atoms with E-state index in [0.29, 0.717) is 5.41 Å². The van der Waals surface area contributed by atoms with Crippen LogP contribution < -0.4 is 0 Å². The molecule has 1 nitrogen and oxygen atoms in total. The lowest BCUT2D eigenvalue weighted by Crippen LogP contribution is -2.33. The van der Waals surface area contributed by atoms with Crippen LogP contribution in [0.1, 0.15) is 10.4 Å². The lowest BCUT2D eigenvalue weighted by molar-refractivity contribution is 0.106. The molecule has 0 saturated heterocycles. The average molecular weight is 257 g/mol. The largest absolute Gasteiger partial charge is 0.300 e. The molecule has 13 heavy (non-hydrogen) atoms. The van der Waals surface area contributed by atoms with Crippen molar-refractivity contribution in [1.82, 2.24) is 0 Å². The first-order valence-electron chi connectivity index (χ1n) is 4.21. The SMILES string of the molecule is C[Si](C)(C)C(=O)c1ccc(Br)cc1. The zero-order valence-electron chi connectivity index (χ0n) is 8.10. The topological polar surface area (TPSA) is 17.1 Å². The van der Waals surface area contributed by atoms with E-state index >= 15 is 0 Å². The number of hydrogen-bond donors (Lipinski definition) is 0. The number of carbonyl (C=O) groups is 1. The van der Waals surface area contributed by atoms with Gasteiger partial charge in [-0.05, 0) is 12.1 Å². The molecule has 0 heterocycles. The van der Waals surface area contributed by atoms with Crippen molar-refractivity contribution in [3.63, 3.8) is 0 Å². The van der Waals surface area contributed by atoms with Crippen LogP contribution in [-0.4, -0.2) is 13.5 Å². The van der Waals surface area contributed by atoms with Crippen molar-refractivity contribution >= 4 is 29.4 Å². The minimum Gasteiger partial charge on any atom is -0.300 e. The van der Waals surface area contributed by atoms with E-state index in [9.17, 15) is 4.79 Å². The Hall–Kier alpha value is -0.413. The molecule has 3 heteroatoms. The number of carbonyl (C=O) groups excluding carboxylic acids is 1. The Kier molecular flexibility index (Phi) is 3.08. The predicted molar refractivity (Wildman–Crippen MR) is 61.8 cm³/mol. The molecule has 0 spiro atoms. The van der Waals surface area contributed by atoms with E-state index in [1.807, 2.05) is 24.3 Å². The standard InChI is InChI=1S/C10H13BrOSi/c1-13(2,3)10(12)8-4-6-9(11)7-5-8/h4-7H,1-3H3. The maximum Gasteiger partial charge on any atom is 0.139 e. The predicted octanol–water partition coefficient (Wildman–Crippen LogP) is 3.51. The Bertz CT molecular complexity index is 311. The minimum atomic E-state index is -1.67. The molecule has 1 aromatic carbocycles. The van der Waals surface area contributed by atoms with Gasteiger partial charge >= 0.3 is 0 Å². The van der Waals surface area contributed by atoms with Crippen LogP contribution in [0.2, 0.25) is 19.6 Å². The monoisotopic (exact) mass is 256 g/mol. The first-order valence-corrected chi connectivity index (χ1v) is 8.51. The van der Waals surface area contributed by atoms with Gasteiger partial charge in [-0.3, -0.25) is 0 Å². The van der Waals surface area contributed by atoms with Crippen molar-refractivity contribution in [3.05, 3.63) is 34.3 Å². The molecule has 0 fully saturated rings. The van der Waals surface area contributed by atoms with E-state index in [1.165, 1.54) is 0 Å². The molecule has 0 N–H and O–H groups in total. The molecule has 0 aliphatic rings. The van der Waals surface area contributed by atoms with Crippen LogP contribution in [0, 0.1) is 0 Å². The summed E-state index contributed by atoms with van der Waals surface area (Å²) >= 11 is 3.35. The molecule has 1 rings (SSSR count). The third-order valence-electron chi connectivity index (χ3n) is 1.79. The maximum atomic E-state index is 11.8. The Morgan fingerprint density at radius 2 is 1.62 bits per heavy atom. The molecule has 0 aliphatic heterocycles. The van der Waals surface area contributed by atoms with Crippen molar-refractivity contribution in [3.8, 4) is 0 Å². The summed E-state index contributed by atoms with van der Waals surface area (Å²) in [6.07, 6.45) is 0. The lowest BCUT2D eigenvalue weighted by atomic mass is 10.2. The van der Waals surface area contributed by atoms with Gasteiger partial charge in [0.2, 0.25) is 0 Å². The molecule has 0 radical (unpaired) electrons. The smallest absolute Gasteiger partial charge is 0.139 e. The Labute approximate surface area is 88.3 Å². The molecule has 0 amide bonds. The molecule has 0 saturated carbocycles. The number of hydrogen-bond acceptors (Lipinski definition) is 1. The van der Waals surface area contributed by atoms with Crippen molar-refractivity contribution in [1.29, 1.82) is 0 Å². The molecular weight excluding hydrogens is 244 g/mol. The molecule has 70 valence electrons. The molecule has 0 aliphatic carbocycles.